The molecule has 0 spiro atoms. The lowest BCUT2D eigenvalue weighted by Crippen LogP contribution is -2.29. The van der Waals surface area contributed by atoms with Gasteiger partial charge in [-0.2, -0.15) is 0 Å². The first-order valence-corrected chi connectivity index (χ1v) is 13.2. The van der Waals surface area contributed by atoms with Gasteiger partial charge in [-0.05, 0) is 105 Å². The van der Waals surface area contributed by atoms with Crippen LogP contribution in [-0.4, -0.2) is 28.8 Å². The highest BCUT2D eigenvalue weighted by Crippen LogP contribution is 2.44. The molecule has 0 aliphatic carbocycles. The zero-order chi connectivity index (χ0) is 25.6. The smallest absolute Gasteiger partial charge is 0.174 e. The molecule has 0 bridgehead atoms. The minimum absolute atomic E-state index is 0.0472. The molecule has 0 unspecified atom stereocenters. The van der Waals surface area contributed by atoms with Gasteiger partial charge in [0.25, 0.3) is 0 Å². The van der Waals surface area contributed by atoms with E-state index in [1.807, 2.05) is 18.3 Å². The number of rotatable bonds is 5. The van der Waals surface area contributed by atoms with Crippen LogP contribution in [0.5, 0.6) is 0 Å². The van der Waals surface area contributed by atoms with E-state index in [1.165, 1.54) is 28.2 Å². The first kappa shape index (κ1) is 24.5. The number of nitrogens with one attached hydrogen (secondary N) is 1. The normalized spacial score (nSPS) is 17.4. The summed E-state index contributed by atoms with van der Waals surface area (Å²) in [5, 5.41) is 4.29. The van der Waals surface area contributed by atoms with Gasteiger partial charge < -0.3 is 19.7 Å². The fourth-order valence-electron chi connectivity index (χ4n) is 5.11. The Labute approximate surface area is 226 Å². The summed E-state index contributed by atoms with van der Waals surface area (Å²) in [7, 11) is 4.12. The van der Waals surface area contributed by atoms with Crippen LogP contribution in [0, 0.1) is 20.8 Å². The fourth-order valence-corrected chi connectivity index (χ4v) is 5.70. The van der Waals surface area contributed by atoms with E-state index in [1.54, 1.807) is 0 Å². The van der Waals surface area contributed by atoms with Gasteiger partial charge in [0.1, 0.15) is 0 Å². The Morgan fingerprint density at radius 1 is 0.944 bits per heavy atom. The second kappa shape index (κ2) is 9.71. The Hall–Kier alpha value is -3.16. The molecule has 7 heteroatoms. The summed E-state index contributed by atoms with van der Waals surface area (Å²) in [6.07, 6.45) is 1.85. The lowest BCUT2D eigenvalue weighted by molar-refractivity contribution is 0.565. The van der Waals surface area contributed by atoms with Crippen molar-refractivity contribution in [2.75, 3.05) is 23.9 Å². The van der Waals surface area contributed by atoms with Crippen molar-refractivity contribution < 1.29 is 0 Å². The molecular weight excluding hydrogens is 530 g/mol. The van der Waals surface area contributed by atoms with Gasteiger partial charge in [-0.25, -0.2) is 0 Å². The third kappa shape index (κ3) is 4.31. The first-order valence-electron chi connectivity index (χ1n) is 12.0. The third-order valence-corrected chi connectivity index (χ3v) is 8.14. The molecule has 1 aliphatic heterocycles. The van der Waals surface area contributed by atoms with Crippen molar-refractivity contribution in [2.45, 2.75) is 32.9 Å². The van der Waals surface area contributed by atoms with E-state index < -0.39 is 0 Å². The van der Waals surface area contributed by atoms with Crippen molar-refractivity contribution in [3.05, 3.63) is 106 Å². The molecule has 5 rings (SSSR count). The van der Waals surface area contributed by atoms with Crippen LogP contribution in [0.15, 0.2) is 77.4 Å². The van der Waals surface area contributed by atoms with Crippen LogP contribution in [0.3, 0.4) is 0 Å². The Bertz CT molecular complexity index is 1410. The van der Waals surface area contributed by atoms with Crippen molar-refractivity contribution in [1.82, 2.24) is 14.9 Å². The molecule has 2 aromatic carbocycles. The number of aromatic nitrogens is 2. The molecule has 4 aromatic rings. The standard InChI is InChI=1S/C29H30BrN5S/c1-18-16-23(13-14-25(18)30)35-28(27(32-29(35)36)26-8-6-7-15-31-26)24-17-19(2)34(20(24)3)22-11-9-21(10-12-22)33(4)5/h6-17,27-28H,1-5H3,(H,32,36)/t27-,28+/m0/s1. The second-order valence-corrected chi connectivity index (χ2v) is 10.7. The van der Waals surface area contributed by atoms with Crippen LogP contribution >= 0.6 is 28.1 Å². The molecule has 3 heterocycles. The summed E-state index contributed by atoms with van der Waals surface area (Å²) >= 11 is 9.57. The summed E-state index contributed by atoms with van der Waals surface area (Å²) in [5.41, 5.74) is 9.15. The highest BCUT2D eigenvalue weighted by Gasteiger charge is 2.42. The van der Waals surface area contributed by atoms with Gasteiger partial charge in [-0.3, -0.25) is 4.98 Å². The van der Waals surface area contributed by atoms with Crippen LogP contribution in [0.4, 0.5) is 11.4 Å². The highest BCUT2D eigenvalue weighted by molar-refractivity contribution is 9.10. The van der Waals surface area contributed by atoms with Crippen LogP contribution in [0.2, 0.25) is 0 Å². The van der Waals surface area contributed by atoms with Gasteiger partial charge >= 0.3 is 0 Å². The topological polar surface area (TPSA) is 36.3 Å². The quantitative estimate of drug-likeness (QED) is 0.272. The maximum absolute atomic E-state index is 5.93. The van der Waals surface area contributed by atoms with Gasteiger partial charge in [-0.15, -0.1) is 0 Å². The number of aryl methyl sites for hydroxylation is 2. The minimum atomic E-state index is -0.0762. The summed E-state index contributed by atoms with van der Waals surface area (Å²) in [6.45, 7) is 6.47. The molecule has 1 fully saturated rings. The zero-order valence-electron chi connectivity index (χ0n) is 21.2. The van der Waals surface area contributed by atoms with Crippen LogP contribution in [0.25, 0.3) is 5.69 Å². The maximum Gasteiger partial charge on any atom is 0.174 e. The molecule has 1 saturated heterocycles. The Kier molecular flexibility index (Phi) is 6.62. The SMILES string of the molecule is Cc1cc(N2C(=S)N[C@@H](c3ccccn3)[C@H]2c2cc(C)n(-c3ccc(N(C)C)cc3)c2C)ccc1Br. The Balaban J connectivity index is 1.65. The van der Waals surface area contributed by atoms with Crippen molar-refractivity contribution in [3.63, 3.8) is 0 Å². The second-order valence-electron chi connectivity index (χ2n) is 9.50. The molecule has 1 aliphatic rings. The van der Waals surface area contributed by atoms with E-state index in [0.717, 1.165) is 21.5 Å². The van der Waals surface area contributed by atoms with E-state index in [9.17, 15) is 0 Å². The summed E-state index contributed by atoms with van der Waals surface area (Å²) in [6, 6.07) is 23.3. The van der Waals surface area contributed by atoms with Gasteiger partial charge in [0.2, 0.25) is 0 Å². The average molecular weight is 561 g/mol. The maximum atomic E-state index is 5.93. The number of anilines is 2. The molecule has 0 amide bonds. The van der Waals surface area contributed by atoms with Crippen molar-refractivity contribution in [1.29, 1.82) is 0 Å². The number of hydrogen-bond donors (Lipinski definition) is 1. The monoisotopic (exact) mass is 559 g/mol. The first-order chi connectivity index (χ1) is 17.3. The lowest BCUT2D eigenvalue weighted by Gasteiger charge is -2.28. The number of halogens is 1. The van der Waals surface area contributed by atoms with E-state index >= 15 is 0 Å². The predicted octanol–water partition coefficient (Wildman–Crippen LogP) is 6.80. The predicted molar refractivity (Wildman–Crippen MR) is 156 cm³/mol. The van der Waals surface area contributed by atoms with Gasteiger partial charge in [-0.1, -0.05) is 22.0 Å². The van der Waals surface area contributed by atoms with Crippen molar-refractivity contribution in [2.24, 2.45) is 0 Å². The van der Waals surface area contributed by atoms with Gasteiger partial charge in [0.05, 0.1) is 17.8 Å². The molecule has 36 heavy (non-hydrogen) atoms. The van der Waals surface area contributed by atoms with E-state index in [-0.39, 0.29) is 12.1 Å². The van der Waals surface area contributed by atoms with Gasteiger partial charge in [0.15, 0.2) is 5.11 Å². The van der Waals surface area contributed by atoms with E-state index in [0.29, 0.717) is 5.11 Å². The number of nitrogens with zero attached hydrogens (tertiary/aromatic N) is 4. The summed E-state index contributed by atoms with van der Waals surface area (Å²) in [5.74, 6) is 0. The number of benzene rings is 2. The summed E-state index contributed by atoms with van der Waals surface area (Å²) in [4.78, 5) is 9.07. The van der Waals surface area contributed by atoms with Crippen LogP contribution in [0.1, 0.15) is 40.3 Å². The molecule has 1 N–H and O–H groups in total. The molecular formula is C29H30BrN5S. The molecule has 2 aromatic heterocycles. The average Bonchev–Trinajstić information content (AvgIpc) is 3.36. The molecule has 5 nitrogen and oxygen atoms in total. The number of pyridine rings is 1. The van der Waals surface area contributed by atoms with Gasteiger partial charge in [0, 0.05) is 53.2 Å². The third-order valence-electron chi connectivity index (χ3n) is 6.93. The highest BCUT2D eigenvalue weighted by atomic mass is 79.9. The Morgan fingerprint density at radius 3 is 2.31 bits per heavy atom. The van der Waals surface area contributed by atoms with Crippen LogP contribution < -0.4 is 15.1 Å². The number of hydrogen-bond acceptors (Lipinski definition) is 3. The van der Waals surface area contributed by atoms with Crippen LogP contribution in [-0.2, 0) is 0 Å². The minimum Gasteiger partial charge on any atom is -0.378 e. The van der Waals surface area contributed by atoms with E-state index in [2.05, 4.69) is 125 Å². The molecule has 0 saturated carbocycles. The van der Waals surface area contributed by atoms with Crippen molar-refractivity contribution >= 4 is 44.6 Å². The van der Waals surface area contributed by atoms with E-state index in [4.69, 9.17) is 17.2 Å². The Morgan fingerprint density at radius 2 is 1.67 bits per heavy atom. The summed E-state index contributed by atoms with van der Waals surface area (Å²) < 4.78 is 3.41. The fraction of sp³-hybridized carbons (Fsp3) is 0.241. The largest absolute Gasteiger partial charge is 0.378 e. The molecule has 184 valence electrons. The lowest BCUT2D eigenvalue weighted by atomic mass is 9.96. The number of thiocarbonyl (C=S) groups is 1. The van der Waals surface area contributed by atoms with Crippen molar-refractivity contribution in [3.8, 4) is 5.69 Å². The molecule has 2 atom stereocenters. The zero-order valence-corrected chi connectivity index (χ0v) is 23.6. The molecule has 0 radical (unpaired) electrons.